The second-order valence-corrected chi connectivity index (χ2v) is 4.51. The first-order valence-corrected chi connectivity index (χ1v) is 5.88. The van der Waals surface area contributed by atoms with Crippen molar-refractivity contribution in [1.82, 2.24) is 15.2 Å². The van der Waals surface area contributed by atoms with Crippen molar-refractivity contribution in [3.05, 3.63) is 27.5 Å². The van der Waals surface area contributed by atoms with E-state index >= 15 is 0 Å². The second-order valence-electron chi connectivity index (χ2n) is 3.63. The molecule has 0 aromatic carbocycles. The molecule has 8 heteroatoms. The van der Waals surface area contributed by atoms with Crippen molar-refractivity contribution in [3.63, 3.8) is 0 Å². The van der Waals surface area contributed by atoms with Gasteiger partial charge in [0.1, 0.15) is 10.7 Å². The van der Waals surface area contributed by atoms with Crippen LogP contribution in [0.5, 0.6) is 0 Å². The van der Waals surface area contributed by atoms with Gasteiger partial charge >= 0.3 is 5.97 Å². The molecule has 18 heavy (non-hydrogen) atoms. The Labute approximate surface area is 106 Å². The molecule has 2 rings (SSSR count). The van der Waals surface area contributed by atoms with Gasteiger partial charge in [-0.2, -0.15) is 0 Å². The number of H-pyrrole nitrogens is 1. The van der Waals surface area contributed by atoms with Crippen molar-refractivity contribution in [2.75, 3.05) is 5.32 Å². The highest BCUT2D eigenvalue weighted by Gasteiger charge is 2.19. The predicted octanol–water partition coefficient (Wildman–Crippen LogP) is 1.43. The third-order valence-electron chi connectivity index (χ3n) is 2.21. The van der Waals surface area contributed by atoms with Crippen molar-refractivity contribution in [3.8, 4) is 0 Å². The molecule has 2 aromatic heterocycles. The fraction of sp³-hybridized carbons (Fsp3) is 0.200. The highest BCUT2D eigenvalue weighted by molar-refractivity contribution is 7.12. The van der Waals surface area contributed by atoms with Gasteiger partial charge in [-0.05, 0) is 24.8 Å². The molecule has 1 amide bonds. The number of aryl methyl sites for hydroxylation is 2. The summed E-state index contributed by atoms with van der Waals surface area (Å²) in [6.07, 6.45) is 0. The number of aromatic carboxylic acids is 1. The molecule has 0 aliphatic rings. The number of hydrogen-bond acceptors (Lipinski definition) is 5. The van der Waals surface area contributed by atoms with Gasteiger partial charge in [0.15, 0.2) is 0 Å². The summed E-state index contributed by atoms with van der Waals surface area (Å²) in [5.41, 5.74) is 0.984. The van der Waals surface area contributed by atoms with Crippen molar-refractivity contribution >= 4 is 28.9 Å². The van der Waals surface area contributed by atoms with E-state index in [0.717, 1.165) is 11.3 Å². The Morgan fingerprint density at radius 2 is 2.17 bits per heavy atom. The molecule has 0 bridgehead atoms. The zero-order valence-electron chi connectivity index (χ0n) is 9.64. The maximum atomic E-state index is 11.8. The monoisotopic (exact) mass is 266 g/mol. The van der Waals surface area contributed by atoms with E-state index in [2.05, 4.69) is 20.5 Å². The van der Waals surface area contributed by atoms with Crippen LogP contribution in [0.2, 0.25) is 0 Å². The van der Waals surface area contributed by atoms with Gasteiger partial charge in [-0.15, -0.1) is 16.4 Å². The minimum Gasteiger partial charge on any atom is -0.477 e. The van der Waals surface area contributed by atoms with Crippen LogP contribution in [0.3, 0.4) is 0 Å². The summed E-state index contributed by atoms with van der Waals surface area (Å²) in [5, 5.41) is 19.4. The summed E-state index contributed by atoms with van der Waals surface area (Å²) in [5.74, 6) is -1.12. The van der Waals surface area contributed by atoms with Gasteiger partial charge < -0.3 is 10.4 Å². The summed E-state index contributed by atoms with van der Waals surface area (Å²) < 4.78 is 0. The Bertz CT molecular complexity index is 616. The lowest BCUT2D eigenvalue weighted by atomic mass is 10.2. The minimum absolute atomic E-state index is 0.0190. The number of amides is 1. The first kappa shape index (κ1) is 12.2. The number of thiophene rings is 1. The SMILES string of the molecule is Cc1nc(C(=O)Nc2c(C)csc2C(=O)O)n[nH]1. The van der Waals surface area contributed by atoms with Gasteiger partial charge in [-0.3, -0.25) is 9.89 Å². The van der Waals surface area contributed by atoms with E-state index < -0.39 is 11.9 Å². The molecule has 0 fully saturated rings. The lowest BCUT2D eigenvalue weighted by Crippen LogP contribution is -2.15. The molecule has 3 N–H and O–H groups in total. The van der Waals surface area contributed by atoms with Crippen molar-refractivity contribution in [2.24, 2.45) is 0 Å². The number of carboxylic acid groups (broad SMARTS) is 1. The third-order valence-corrected chi connectivity index (χ3v) is 3.29. The molecular formula is C10H10N4O3S. The Hall–Kier alpha value is -2.22. The molecule has 94 valence electrons. The Morgan fingerprint density at radius 3 is 2.72 bits per heavy atom. The smallest absolute Gasteiger partial charge is 0.348 e. The molecule has 0 unspecified atom stereocenters. The van der Waals surface area contributed by atoms with Gasteiger partial charge in [0.2, 0.25) is 5.82 Å². The normalized spacial score (nSPS) is 10.3. The topological polar surface area (TPSA) is 108 Å². The standard InChI is InChI=1S/C10H10N4O3S/c1-4-3-18-7(10(16)17)6(4)12-9(15)8-11-5(2)13-14-8/h3H,1-2H3,(H,12,15)(H,16,17)(H,11,13,14). The second kappa shape index (κ2) is 4.57. The number of carboxylic acids is 1. The summed E-state index contributed by atoms with van der Waals surface area (Å²) in [4.78, 5) is 26.8. The number of aromatic nitrogens is 3. The predicted molar refractivity (Wildman–Crippen MR) is 65.1 cm³/mol. The van der Waals surface area contributed by atoms with Crippen LogP contribution in [0.25, 0.3) is 0 Å². The number of hydrogen-bond donors (Lipinski definition) is 3. The van der Waals surface area contributed by atoms with E-state index in [9.17, 15) is 9.59 Å². The Kier molecular flexibility index (Phi) is 3.11. The quantitative estimate of drug-likeness (QED) is 0.778. The van der Waals surface area contributed by atoms with E-state index in [4.69, 9.17) is 5.11 Å². The summed E-state index contributed by atoms with van der Waals surface area (Å²) in [6, 6.07) is 0. The lowest BCUT2D eigenvalue weighted by Gasteiger charge is -2.03. The Morgan fingerprint density at radius 1 is 1.44 bits per heavy atom. The van der Waals surface area contributed by atoms with Gasteiger partial charge in [-0.1, -0.05) is 0 Å². The number of anilines is 1. The van der Waals surface area contributed by atoms with E-state index in [1.807, 2.05) is 0 Å². The van der Waals surface area contributed by atoms with Crippen LogP contribution >= 0.6 is 11.3 Å². The van der Waals surface area contributed by atoms with Crippen molar-refractivity contribution in [1.29, 1.82) is 0 Å². The maximum Gasteiger partial charge on any atom is 0.348 e. The van der Waals surface area contributed by atoms with Gasteiger partial charge in [-0.25, -0.2) is 9.78 Å². The van der Waals surface area contributed by atoms with Crippen LogP contribution in [0.1, 0.15) is 31.7 Å². The molecule has 0 saturated heterocycles. The number of aromatic amines is 1. The molecule has 7 nitrogen and oxygen atoms in total. The highest BCUT2D eigenvalue weighted by atomic mass is 32.1. The first-order valence-electron chi connectivity index (χ1n) is 5.00. The van der Waals surface area contributed by atoms with Gasteiger partial charge in [0.25, 0.3) is 5.91 Å². The van der Waals surface area contributed by atoms with E-state index in [1.54, 1.807) is 19.2 Å². The molecule has 2 heterocycles. The van der Waals surface area contributed by atoms with Crippen molar-refractivity contribution < 1.29 is 14.7 Å². The highest BCUT2D eigenvalue weighted by Crippen LogP contribution is 2.27. The lowest BCUT2D eigenvalue weighted by molar-refractivity contribution is 0.0703. The van der Waals surface area contributed by atoms with E-state index in [1.165, 1.54) is 0 Å². The molecule has 0 aliphatic heterocycles. The average Bonchev–Trinajstić information content (AvgIpc) is 2.87. The Balaban J connectivity index is 2.27. The fourth-order valence-corrected chi connectivity index (χ4v) is 2.21. The minimum atomic E-state index is -1.07. The summed E-state index contributed by atoms with van der Waals surface area (Å²) >= 11 is 1.06. The molecule has 2 aromatic rings. The fourth-order valence-electron chi connectivity index (χ4n) is 1.37. The molecular weight excluding hydrogens is 256 g/mol. The molecule has 0 aliphatic carbocycles. The maximum absolute atomic E-state index is 11.8. The average molecular weight is 266 g/mol. The zero-order valence-corrected chi connectivity index (χ0v) is 10.5. The van der Waals surface area contributed by atoms with Crippen LogP contribution in [0.4, 0.5) is 5.69 Å². The van der Waals surface area contributed by atoms with Crippen LogP contribution in [-0.4, -0.2) is 32.2 Å². The number of carbonyl (C=O) groups is 2. The van der Waals surface area contributed by atoms with Crippen molar-refractivity contribution in [2.45, 2.75) is 13.8 Å². The number of nitrogens with one attached hydrogen (secondary N) is 2. The number of nitrogens with zero attached hydrogens (tertiary/aromatic N) is 2. The zero-order chi connectivity index (χ0) is 13.3. The largest absolute Gasteiger partial charge is 0.477 e. The van der Waals surface area contributed by atoms with Crippen LogP contribution in [-0.2, 0) is 0 Å². The first-order chi connectivity index (χ1) is 8.49. The third kappa shape index (κ3) is 2.23. The van der Waals surface area contributed by atoms with Crippen LogP contribution in [0, 0.1) is 13.8 Å². The molecule has 0 radical (unpaired) electrons. The van der Waals surface area contributed by atoms with Gasteiger partial charge in [0.05, 0.1) is 5.69 Å². The van der Waals surface area contributed by atoms with Crippen LogP contribution in [0.15, 0.2) is 5.38 Å². The summed E-state index contributed by atoms with van der Waals surface area (Å²) in [7, 11) is 0. The number of carbonyl (C=O) groups excluding carboxylic acids is 1. The van der Waals surface area contributed by atoms with E-state index in [0.29, 0.717) is 17.1 Å². The summed E-state index contributed by atoms with van der Waals surface area (Å²) in [6.45, 7) is 3.39. The molecule has 0 saturated carbocycles. The number of rotatable bonds is 3. The molecule has 0 atom stereocenters. The van der Waals surface area contributed by atoms with Crippen LogP contribution < -0.4 is 5.32 Å². The van der Waals surface area contributed by atoms with E-state index in [-0.39, 0.29) is 10.7 Å². The molecule has 0 spiro atoms. The van der Waals surface area contributed by atoms with Gasteiger partial charge in [0, 0.05) is 0 Å².